The van der Waals surface area contributed by atoms with E-state index < -0.39 is 5.41 Å². The summed E-state index contributed by atoms with van der Waals surface area (Å²) in [6.07, 6.45) is 0.631. The van der Waals surface area contributed by atoms with Crippen LogP contribution in [0.5, 0.6) is 0 Å². The van der Waals surface area contributed by atoms with Crippen LogP contribution in [0.3, 0.4) is 0 Å². The fourth-order valence-electron chi connectivity index (χ4n) is 2.98. The van der Waals surface area contributed by atoms with Crippen LogP contribution in [0, 0.1) is 20.8 Å². The van der Waals surface area contributed by atoms with Crippen LogP contribution in [0.15, 0.2) is 42.5 Å². The summed E-state index contributed by atoms with van der Waals surface area (Å²) in [5, 5.41) is 19.9. The highest BCUT2D eigenvalue weighted by atomic mass is 16.3. The molecule has 0 saturated heterocycles. The molecule has 0 fully saturated rings. The van der Waals surface area contributed by atoms with Crippen molar-refractivity contribution in [3.8, 4) is 0 Å². The van der Waals surface area contributed by atoms with Gasteiger partial charge in [-0.3, -0.25) is 0 Å². The second-order valence-corrected chi connectivity index (χ2v) is 6.14. The monoisotopic (exact) mass is 284 g/mol. The normalized spacial score (nSPS) is 11.7. The highest BCUT2D eigenvalue weighted by Gasteiger charge is 2.31. The van der Waals surface area contributed by atoms with E-state index in [1.165, 1.54) is 11.1 Å². The van der Waals surface area contributed by atoms with Crippen LogP contribution in [0.2, 0.25) is 0 Å². The predicted octanol–water partition coefficient (Wildman–Crippen LogP) is 3.08. The highest BCUT2D eigenvalue weighted by Crippen LogP contribution is 2.29. The van der Waals surface area contributed by atoms with Gasteiger partial charge in [0.05, 0.1) is 13.2 Å². The van der Waals surface area contributed by atoms with Crippen molar-refractivity contribution >= 4 is 0 Å². The van der Waals surface area contributed by atoms with Gasteiger partial charge in [-0.2, -0.15) is 0 Å². The Kier molecular flexibility index (Phi) is 4.81. The number of aliphatic hydroxyl groups excluding tert-OH is 2. The van der Waals surface area contributed by atoms with Gasteiger partial charge in [0, 0.05) is 5.41 Å². The molecule has 0 bridgehead atoms. The Morgan fingerprint density at radius 1 is 0.810 bits per heavy atom. The minimum Gasteiger partial charge on any atom is -0.395 e. The molecule has 0 aliphatic rings. The molecule has 2 aromatic rings. The molecule has 0 unspecified atom stereocenters. The Balaban J connectivity index is 2.42. The van der Waals surface area contributed by atoms with E-state index in [2.05, 4.69) is 38.1 Å². The van der Waals surface area contributed by atoms with Crippen LogP contribution in [0.1, 0.15) is 27.8 Å². The third-order valence-corrected chi connectivity index (χ3v) is 4.06. The second-order valence-electron chi connectivity index (χ2n) is 6.14. The Hall–Kier alpha value is -1.64. The maximum Gasteiger partial charge on any atom is 0.0553 e. The van der Waals surface area contributed by atoms with Gasteiger partial charge in [0.2, 0.25) is 0 Å². The van der Waals surface area contributed by atoms with E-state index in [0.717, 1.165) is 16.7 Å². The van der Waals surface area contributed by atoms with Crippen LogP contribution < -0.4 is 0 Å². The standard InChI is InChI=1S/C19H24O2/c1-14-5-4-6-18(10-14)19(12-20,13-21)11-17-8-15(2)7-16(3)9-17/h4-10,20-21H,11-13H2,1-3H3. The van der Waals surface area contributed by atoms with E-state index in [9.17, 15) is 10.2 Å². The molecule has 0 radical (unpaired) electrons. The average molecular weight is 284 g/mol. The average Bonchev–Trinajstić information content (AvgIpc) is 2.44. The van der Waals surface area contributed by atoms with Crippen molar-refractivity contribution in [2.45, 2.75) is 32.6 Å². The highest BCUT2D eigenvalue weighted by molar-refractivity contribution is 5.35. The van der Waals surface area contributed by atoms with Crippen molar-refractivity contribution in [1.82, 2.24) is 0 Å². The molecule has 21 heavy (non-hydrogen) atoms. The van der Waals surface area contributed by atoms with Crippen LogP contribution >= 0.6 is 0 Å². The van der Waals surface area contributed by atoms with Crippen molar-refractivity contribution in [1.29, 1.82) is 0 Å². The summed E-state index contributed by atoms with van der Waals surface area (Å²) >= 11 is 0. The first-order valence-electron chi connectivity index (χ1n) is 7.35. The lowest BCUT2D eigenvalue weighted by Gasteiger charge is -2.31. The molecule has 0 aliphatic heterocycles. The topological polar surface area (TPSA) is 40.5 Å². The summed E-state index contributed by atoms with van der Waals surface area (Å²) < 4.78 is 0. The van der Waals surface area contributed by atoms with Gasteiger partial charge in [-0.25, -0.2) is 0 Å². The van der Waals surface area contributed by atoms with Crippen molar-refractivity contribution in [2.24, 2.45) is 0 Å². The van der Waals surface area contributed by atoms with Crippen LogP contribution in [0.4, 0.5) is 0 Å². The summed E-state index contributed by atoms with van der Waals surface area (Å²) in [4.78, 5) is 0. The number of aliphatic hydroxyl groups is 2. The SMILES string of the molecule is Cc1cc(C)cc(CC(CO)(CO)c2cccc(C)c2)c1. The van der Waals surface area contributed by atoms with Crippen LogP contribution in [-0.2, 0) is 11.8 Å². The molecule has 0 aliphatic carbocycles. The van der Waals surface area contributed by atoms with Gasteiger partial charge in [-0.1, -0.05) is 59.2 Å². The van der Waals surface area contributed by atoms with E-state index in [1.807, 2.05) is 25.1 Å². The van der Waals surface area contributed by atoms with Gasteiger partial charge >= 0.3 is 0 Å². The predicted molar refractivity (Wildman–Crippen MR) is 86.6 cm³/mol. The lowest BCUT2D eigenvalue weighted by Crippen LogP contribution is -2.37. The number of rotatable bonds is 5. The fraction of sp³-hybridized carbons (Fsp3) is 0.368. The largest absolute Gasteiger partial charge is 0.395 e. The van der Waals surface area contributed by atoms with Gasteiger partial charge in [0.15, 0.2) is 0 Å². The number of hydrogen-bond donors (Lipinski definition) is 2. The zero-order chi connectivity index (χ0) is 15.5. The maximum atomic E-state index is 9.96. The summed E-state index contributed by atoms with van der Waals surface area (Å²) in [6.45, 7) is 6.03. The molecule has 0 aromatic heterocycles. The van der Waals surface area contributed by atoms with Gasteiger partial charge < -0.3 is 10.2 Å². The molecular formula is C19H24O2. The van der Waals surface area contributed by atoms with E-state index in [4.69, 9.17) is 0 Å². The number of benzene rings is 2. The second kappa shape index (κ2) is 6.42. The summed E-state index contributed by atoms with van der Waals surface area (Å²) in [6, 6.07) is 14.4. The maximum absolute atomic E-state index is 9.96. The van der Waals surface area contributed by atoms with Crippen LogP contribution in [-0.4, -0.2) is 23.4 Å². The fourth-order valence-corrected chi connectivity index (χ4v) is 2.98. The smallest absolute Gasteiger partial charge is 0.0553 e. The molecule has 2 heteroatoms. The first-order valence-corrected chi connectivity index (χ1v) is 7.35. The van der Waals surface area contributed by atoms with Gasteiger partial charge in [0.25, 0.3) is 0 Å². The zero-order valence-electron chi connectivity index (χ0n) is 13.1. The molecule has 112 valence electrons. The summed E-state index contributed by atoms with van der Waals surface area (Å²) in [5.41, 5.74) is 5.06. The zero-order valence-corrected chi connectivity index (χ0v) is 13.1. The van der Waals surface area contributed by atoms with Gasteiger partial charge in [-0.05, 0) is 38.3 Å². The Bertz CT molecular complexity index is 592. The van der Waals surface area contributed by atoms with Crippen LogP contribution in [0.25, 0.3) is 0 Å². The molecule has 0 amide bonds. The van der Waals surface area contributed by atoms with Crippen molar-refractivity contribution in [3.05, 3.63) is 70.3 Å². The van der Waals surface area contributed by atoms with E-state index in [1.54, 1.807) is 0 Å². The lowest BCUT2D eigenvalue weighted by molar-refractivity contribution is 0.116. The van der Waals surface area contributed by atoms with Gasteiger partial charge in [-0.15, -0.1) is 0 Å². The minimum atomic E-state index is -0.633. The molecule has 2 rings (SSSR count). The Morgan fingerprint density at radius 2 is 1.43 bits per heavy atom. The molecule has 2 nitrogen and oxygen atoms in total. The number of aryl methyl sites for hydroxylation is 3. The third kappa shape index (κ3) is 3.52. The molecule has 0 saturated carbocycles. The molecule has 0 atom stereocenters. The summed E-state index contributed by atoms with van der Waals surface area (Å²) in [7, 11) is 0. The van der Waals surface area contributed by atoms with E-state index >= 15 is 0 Å². The van der Waals surface area contributed by atoms with E-state index in [-0.39, 0.29) is 13.2 Å². The molecule has 2 N–H and O–H groups in total. The number of hydrogen-bond acceptors (Lipinski definition) is 2. The molecule has 0 spiro atoms. The Morgan fingerprint density at radius 3 is 1.95 bits per heavy atom. The third-order valence-electron chi connectivity index (χ3n) is 4.06. The van der Waals surface area contributed by atoms with Crippen molar-refractivity contribution in [2.75, 3.05) is 13.2 Å². The lowest BCUT2D eigenvalue weighted by atomic mass is 9.76. The van der Waals surface area contributed by atoms with Gasteiger partial charge in [0.1, 0.15) is 0 Å². The first kappa shape index (κ1) is 15.7. The van der Waals surface area contributed by atoms with Crippen molar-refractivity contribution < 1.29 is 10.2 Å². The van der Waals surface area contributed by atoms with E-state index in [0.29, 0.717) is 6.42 Å². The van der Waals surface area contributed by atoms with Crippen molar-refractivity contribution in [3.63, 3.8) is 0 Å². The first-order chi connectivity index (χ1) is 9.99. The molecule has 2 aromatic carbocycles. The minimum absolute atomic E-state index is 0.0695. The molecular weight excluding hydrogens is 260 g/mol. The summed E-state index contributed by atoms with van der Waals surface area (Å²) in [5.74, 6) is 0. The molecule has 0 heterocycles. The Labute approximate surface area is 127 Å². The quantitative estimate of drug-likeness (QED) is 0.886.